The lowest BCUT2D eigenvalue weighted by Crippen LogP contribution is -2.26. The molecule has 0 spiro atoms. The summed E-state index contributed by atoms with van der Waals surface area (Å²) in [5, 5.41) is 3.45. The predicted molar refractivity (Wildman–Crippen MR) is 125 cm³/mol. The molecule has 0 aliphatic carbocycles. The highest BCUT2D eigenvalue weighted by Gasteiger charge is 2.20. The van der Waals surface area contributed by atoms with E-state index in [0.29, 0.717) is 6.42 Å². The summed E-state index contributed by atoms with van der Waals surface area (Å²) in [5.41, 5.74) is 4.14. The molecule has 3 aromatic rings. The summed E-state index contributed by atoms with van der Waals surface area (Å²) in [6.07, 6.45) is 1.36. The summed E-state index contributed by atoms with van der Waals surface area (Å²) in [7, 11) is 0. The fourth-order valence-corrected chi connectivity index (χ4v) is 3.98. The third-order valence-electron chi connectivity index (χ3n) is 4.58. The van der Waals surface area contributed by atoms with Gasteiger partial charge in [-0.3, -0.25) is 9.69 Å². The number of nitrogens with zero attached hydrogens (tertiary/aromatic N) is 1. The van der Waals surface area contributed by atoms with Crippen LogP contribution < -0.4 is 10.2 Å². The Morgan fingerprint density at radius 1 is 0.897 bits per heavy atom. The molecule has 0 aliphatic heterocycles. The smallest absolute Gasteiger partial charge is 0.231 e. The molecule has 1 amide bonds. The van der Waals surface area contributed by atoms with E-state index in [1.165, 1.54) is 5.56 Å². The fraction of sp³-hybridized carbons (Fsp3) is 0.240. The van der Waals surface area contributed by atoms with Crippen LogP contribution >= 0.6 is 11.8 Å². The van der Waals surface area contributed by atoms with E-state index in [0.717, 1.165) is 40.7 Å². The number of carbonyl (C=O) groups excluding carboxylic acids is 1. The summed E-state index contributed by atoms with van der Waals surface area (Å²) in [4.78, 5) is 16.0. The first-order chi connectivity index (χ1) is 14.2. The first-order valence-corrected chi connectivity index (χ1v) is 11.1. The van der Waals surface area contributed by atoms with Crippen molar-refractivity contribution in [3.63, 3.8) is 0 Å². The molecule has 150 valence electrons. The topological polar surface area (TPSA) is 32.3 Å². The maximum absolute atomic E-state index is 13.0. The van der Waals surface area contributed by atoms with Crippen LogP contribution in [0.4, 0.5) is 17.1 Å². The first kappa shape index (κ1) is 21.0. The highest BCUT2D eigenvalue weighted by Crippen LogP contribution is 2.35. The molecule has 3 rings (SSSR count). The van der Waals surface area contributed by atoms with Gasteiger partial charge in [0.25, 0.3) is 0 Å². The van der Waals surface area contributed by atoms with E-state index in [9.17, 15) is 4.79 Å². The van der Waals surface area contributed by atoms with Crippen LogP contribution in [0.2, 0.25) is 0 Å². The van der Waals surface area contributed by atoms with Gasteiger partial charge in [0.15, 0.2) is 0 Å². The maximum atomic E-state index is 13.0. The van der Waals surface area contributed by atoms with E-state index < -0.39 is 0 Å². The van der Waals surface area contributed by atoms with Gasteiger partial charge in [0.05, 0.1) is 5.69 Å². The molecule has 1 N–H and O–H groups in total. The molecular formula is C25H28N2OS. The van der Waals surface area contributed by atoms with Gasteiger partial charge in [-0.2, -0.15) is 0 Å². The Balaban J connectivity index is 1.84. The second-order valence-electron chi connectivity index (χ2n) is 6.77. The van der Waals surface area contributed by atoms with Crippen LogP contribution in [0.25, 0.3) is 0 Å². The average Bonchev–Trinajstić information content (AvgIpc) is 2.76. The van der Waals surface area contributed by atoms with E-state index >= 15 is 0 Å². The van der Waals surface area contributed by atoms with E-state index in [4.69, 9.17) is 0 Å². The lowest BCUT2D eigenvalue weighted by molar-refractivity contribution is -0.117. The van der Waals surface area contributed by atoms with Crippen LogP contribution in [0.5, 0.6) is 0 Å². The fourth-order valence-electron chi connectivity index (χ4n) is 3.19. The maximum Gasteiger partial charge on any atom is 0.231 e. The van der Waals surface area contributed by atoms with Gasteiger partial charge in [0.1, 0.15) is 0 Å². The molecule has 29 heavy (non-hydrogen) atoms. The second-order valence-corrected chi connectivity index (χ2v) is 8.07. The monoisotopic (exact) mass is 404 g/mol. The number of para-hydroxylation sites is 1. The summed E-state index contributed by atoms with van der Waals surface area (Å²) in [6.45, 7) is 4.95. The molecule has 0 bridgehead atoms. The molecule has 0 unspecified atom stereocenters. The summed E-state index contributed by atoms with van der Waals surface area (Å²) >= 11 is 1.76. The van der Waals surface area contributed by atoms with Crippen LogP contribution in [0.1, 0.15) is 32.3 Å². The Bertz CT molecular complexity index is 910. The van der Waals surface area contributed by atoms with E-state index in [1.54, 1.807) is 11.8 Å². The first-order valence-electron chi connectivity index (χ1n) is 10.2. The zero-order valence-electron chi connectivity index (χ0n) is 17.1. The molecule has 0 saturated heterocycles. The second kappa shape index (κ2) is 10.7. The number of anilines is 3. The third kappa shape index (κ3) is 5.64. The van der Waals surface area contributed by atoms with Gasteiger partial charge in [-0.1, -0.05) is 56.3 Å². The average molecular weight is 405 g/mol. The van der Waals surface area contributed by atoms with Crippen molar-refractivity contribution in [2.45, 2.75) is 38.1 Å². The van der Waals surface area contributed by atoms with Crippen LogP contribution in [-0.2, 0) is 11.3 Å². The van der Waals surface area contributed by atoms with Gasteiger partial charge in [0.2, 0.25) is 5.91 Å². The number of rotatable bonds is 9. The van der Waals surface area contributed by atoms with Crippen molar-refractivity contribution in [3.8, 4) is 0 Å². The van der Waals surface area contributed by atoms with Gasteiger partial charge < -0.3 is 5.32 Å². The van der Waals surface area contributed by atoms with Gasteiger partial charge in [-0.05, 0) is 54.1 Å². The van der Waals surface area contributed by atoms with Crippen molar-refractivity contribution in [3.05, 3.63) is 84.4 Å². The van der Waals surface area contributed by atoms with Crippen LogP contribution in [-0.4, -0.2) is 11.7 Å². The number of amides is 1. The van der Waals surface area contributed by atoms with Gasteiger partial charge >= 0.3 is 0 Å². The van der Waals surface area contributed by atoms with Crippen molar-refractivity contribution in [1.82, 2.24) is 0 Å². The number of thioether (sulfide) groups is 1. The third-order valence-corrected chi connectivity index (χ3v) is 5.53. The zero-order valence-corrected chi connectivity index (χ0v) is 17.9. The predicted octanol–water partition coefficient (Wildman–Crippen LogP) is 6.88. The van der Waals surface area contributed by atoms with Crippen molar-refractivity contribution >= 4 is 34.7 Å². The van der Waals surface area contributed by atoms with E-state index in [1.807, 2.05) is 72.5 Å². The number of nitrogens with one attached hydrogen (secondary N) is 1. The minimum Gasteiger partial charge on any atom is -0.381 e. The number of hydrogen-bond donors (Lipinski definition) is 1. The molecule has 0 fully saturated rings. The van der Waals surface area contributed by atoms with Crippen LogP contribution in [0, 0.1) is 0 Å². The van der Waals surface area contributed by atoms with Gasteiger partial charge in [-0.25, -0.2) is 0 Å². The molecule has 0 aliphatic rings. The number of carbonyl (C=O) groups is 1. The molecule has 4 heteroatoms. The molecule has 3 nitrogen and oxygen atoms in total. The summed E-state index contributed by atoms with van der Waals surface area (Å²) in [5.74, 6) is 1.09. The summed E-state index contributed by atoms with van der Waals surface area (Å²) in [6, 6.07) is 26.6. The molecular weight excluding hydrogens is 376 g/mol. The van der Waals surface area contributed by atoms with Gasteiger partial charge in [-0.15, -0.1) is 11.8 Å². The Labute approximate surface area is 178 Å². The minimum atomic E-state index is 0.127. The van der Waals surface area contributed by atoms with Crippen molar-refractivity contribution in [2.75, 3.05) is 16.0 Å². The molecule has 0 aromatic heterocycles. The highest BCUT2D eigenvalue weighted by atomic mass is 32.2. The largest absolute Gasteiger partial charge is 0.381 e. The molecule has 0 radical (unpaired) electrons. The molecule has 3 aromatic carbocycles. The van der Waals surface area contributed by atoms with Crippen LogP contribution in [0.15, 0.2) is 83.8 Å². The van der Waals surface area contributed by atoms with Crippen molar-refractivity contribution in [2.24, 2.45) is 0 Å². The Morgan fingerprint density at radius 2 is 1.59 bits per heavy atom. The quantitative estimate of drug-likeness (QED) is 0.395. The molecule has 0 saturated carbocycles. The van der Waals surface area contributed by atoms with E-state index in [-0.39, 0.29) is 5.91 Å². The van der Waals surface area contributed by atoms with E-state index in [2.05, 4.69) is 30.4 Å². The molecule has 0 atom stereocenters. The number of benzene rings is 3. The lowest BCUT2D eigenvalue weighted by Gasteiger charge is -2.25. The highest BCUT2D eigenvalue weighted by molar-refractivity contribution is 7.99. The van der Waals surface area contributed by atoms with Gasteiger partial charge in [0, 0.05) is 29.2 Å². The standard InChI is InChI=1S/C25H28N2OS/c1-3-10-25(28)27(23-13-8-9-14-24(23)29-4-2)22-17-15-21(16-18-22)26-19-20-11-6-5-7-12-20/h5-9,11-18,26H,3-4,10,19H2,1-2H3. The van der Waals surface area contributed by atoms with Crippen molar-refractivity contribution in [1.29, 1.82) is 0 Å². The summed E-state index contributed by atoms with van der Waals surface area (Å²) < 4.78 is 0. The minimum absolute atomic E-state index is 0.127. The normalized spacial score (nSPS) is 10.6. The Hall–Kier alpha value is -2.72. The Morgan fingerprint density at radius 3 is 2.28 bits per heavy atom. The SMILES string of the molecule is CCCC(=O)N(c1ccc(NCc2ccccc2)cc1)c1ccccc1SCC. The molecule has 0 heterocycles. The van der Waals surface area contributed by atoms with Crippen molar-refractivity contribution < 1.29 is 4.79 Å². The van der Waals surface area contributed by atoms with Crippen LogP contribution in [0.3, 0.4) is 0 Å². The Kier molecular flexibility index (Phi) is 7.77. The number of hydrogen-bond acceptors (Lipinski definition) is 3. The zero-order chi connectivity index (χ0) is 20.5. The lowest BCUT2D eigenvalue weighted by atomic mass is 10.2.